The van der Waals surface area contributed by atoms with E-state index in [1.54, 1.807) is 0 Å². The van der Waals surface area contributed by atoms with Crippen molar-refractivity contribution in [1.29, 1.82) is 0 Å². The van der Waals surface area contributed by atoms with Crippen LogP contribution in [0.5, 0.6) is 0 Å². The normalized spacial score (nSPS) is 11.2. The van der Waals surface area contributed by atoms with Gasteiger partial charge in [0.25, 0.3) is 0 Å². The first kappa shape index (κ1) is 34.0. The van der Waals surface area contributed by atoms with Crippen LogP contribution in [0.3, 0.4) is 0 Å². The molecule has 0 unspecified atom stereocenters. The highest BCUT2D eigenvalue weighted by atomic mass is 14.9. The average Bonchev–Trinajstić information content (AvgIpc) is 3.29. The van der Waals surface area contributed by atoms with E-state index >= 15 is 0 Å². The number of aromatic nitrogens is 4. The lowest BCUT2D eigenvalue weighted by Crippen LogP contribution is -1.96. The minimum absolute atomic E-state index is 0.700. The van der Waals surface area contributed by atoms with Crippen LogP contribution in [0.1, 0.15) is 5.69 Å². The van der Waals surface area contributed by atoms with Crippen LogP contribution in [-0.2, 0) is 0 Å². The zero-order valence-corrected chi connectivity index (χ0v) is 31.3. The first-order valence-corrected chi connectivity index (χ1v) is 19.2. The van der Waals surface area contributed by atoms with Gasteiger partial charge in [-0.2, -0.15) is 0 Å². The highest BCUT2D eigenvalue weighted by Crippen LogP contribution is 2.36. The van der Waals surface area contributed by atoms with Crippen LogP contribution < -0.4 is 0 Å². The Kier molecular flexibility index (Phi) is 8.69. The lowest BCUT2D eigenvalue weighted by molar-refractivity contribution is 1.18. The standard InChI is InChI=1S/C53H36N4/c1-35-17-18-44-31-32-46-47(40-13-7-3-8-14-40)33-48(55-52(46)51(44)54-35)41-25-21-38(22-26-41)39-23-29-43(30-24-39)50-34-49(56-53(57-50)45-15-9-4-10-16-45)42-27-19-37(20-28-42)36-11-5-2-6-12-36/h2-34H,1H3. The molecule has 0 aliphatic heterocycles. The molecule has 268 valence electrons. The van der Waals surface area contributed by atoms with Crippen molar-refractivity contribution in [3.63, 3.8) is 0 Å². The molecular weight excluding hydrogens is 693 g/mol. The average molecular weight is 729 g/mol. The number of fused-ring (bicyclic) bond motifs is 3. The minimum atomic E-state index is 0.700. The van der Waals surface area contributed by atoms with E-state index < -0.39 is 0 Å². The molecule has 0 saturated heterocycles. The Hall–Kier alpha value is -7.56. The summed E-state index contributed by atoms with van der Waals surface area (Å²) >= 11 is 0. The van der Waals surface area contributed by atoms with E-state index in [4.69, 9.17) is 19.9 Å². The molecule has 0 spiro atoms. The van der Waals surface area contributed by atoms with Gasteiger partial charge in [0.2, 0.25) is 0 Å². The van der Waals surface area contributed by atoms with Crippen LogP contribution in [0.25, 0.3) is 100 Å². The topological polar surface area (TPSA) is 51.6 Å². The molecule has 0 fully saturated rings. The van der Waals surface area contributed by atoms with Gasteiger partial charge in [-0.15, -0.1) is 0 Å². The number of benzene rings is 7. The molecule has 0 atom stereocenters. The predicted octanol–water partition coefficient (Wildman–Crippen LogP) is 13.6. The first-order chi connectivity index (χ1) is 28.1. The van der Waals surface area contributed by atoms with Crippen LogP contribution >= 0.6 is 0 Å². The minimum Gasteiger partial charge on any atom is -0.251 e. The van der Waals surface area contributed by atoms with Gasteiger partial charge in [0, 0.05) is 38.7 Å². The number of hydrogen-bond acceptors (Lipinski definition) is 4. The van der Waals surface area contributed by atoms with Crippen molar-refractivity contribution in [2.45, 2.75) is 6.92 Å². The largest absolute Gasteiger partial charge is 0.251 e. The summed E-state index contributed by atoms with van der Waals surface area (Å²) in [7, 11) is 0. The molecule has 4 heteroatoms. The highest BCUT2D eigenvalue weighted by Gasteiger charge is 2.15. The van der Waals surface area contributed by atoms with Gasteiger partial charge in [-0.25, -0.2) is 15.0 Å². The van der Waals surface area contributed by atoms with Crippen molar-refractivity contribution in [2.24, 2.45) is 0 Å². The second-order valence-electron chi connectivity index (χ2n) is 14.3. The third kappa shape index (κ3) is 6.75. The van der Waals surface area contributed by atoms with Crippen molar-refractivity contribution >= 4 is 21.8 Å². The summed E-state index contributed by atoms with van der Waals surface area (Å²) < 4.78 is 0. The lowest BCUT2D eigenvalue weighted by atomic mass is 9.96. The summed E-state index contributed by atoms with van der Waals surface area (Å²) in [6, 6.07) is 69.9. The van der Waals surface area contributed by atoms with Gasteiger partial charge in [0.05, 0.1) is 28.1 Å². The number of hydrogen-bond donors (Lipinski definition) is 0. The van der Waals surface area contributed by atoms with Crippen molar-refractivity contribution in [3.8, 4) is 78.5 Å². The second kappa shape index (κ2) is 14.6. The van der Waals surface area contributed by atoms with Gasteiger partial charge in [-0.05, 0) is 58.5 Å². The Morgan fingerprint density at radius 3 is 1.25 bits per heavy atom. The third-order valence-electron chi connectivity index (χ3n) is 10.6. The van der Waals surface area contributed by atoms with E-state index in [2.05, 4.69) is 176 Å². The van der Waals surface area contributed by atoms with Crippen molar-refractivity contribution < 1.29 is 0 Å². The Morgan fingerprint density at radius 1 is 0.298 bits per heavy atom. The number of nitrogens with zero attached hydrogens (tertiary/aromatic N) is 4. The molecule has 7 aromatic carbocycles. The van der Waals surface area contributed by atoms with E-state index in [9.17, 15) is 0 Å². The molecule has 0 aliphatic rings. The summed E-state index contributed by atoms with van der Waals surface area (Å²) in [5.41, 5.74) is 16.5. The number of rotatable bonds is 7. The summed E-state index contributed by atoms with van der Waals surface area (Å²) in [6.07, 6.45) is 0. The molecule has 3 aromatic heterocycles. The third-order valence-corrected chi connectivity index (χ3v) is 10.6. The molecule has 0 amide bonds. The summed E-state index contributed by atoms with van der Waals surface area (Å²) in [4.78, 5) is 20.3. The molecule has 10 aromatic rings. The fourth-order valence-corrected chi connectivity index (χ4v) is 7.56. The van der Waals surface area contributed by atoms with Gasteiger partial charge in [-0.1, -0.05) is 182 Å². The maximum Gasteiger partial charge on any atom is 0.160 e. The summed E-state index contributed by atoms with van der Waals surface area (Å²) in [6.45, 7) is 2.03. The van der Waals surface area contributed by atoms with Crippen LogP contribution in [0, 0.1) is 6.92 Å². The fourth-order valence-electron chi connectivity index (χ4n) is 7.56. The first-order valence-electron chi connectivity index (χ1n) is 19.2. The zero-order valence-electron chi connectivity index (χ0n) is 31.3. The van der Waals surface area contributed by atoms with Crippen molar-refractivity contribution in [2.75, 3.05) is 0 Å². The van der Waals surface area contributed by atoms with E-state index in [-0.39, 0.29) is 0 Å². The summed E-state index contributed by atoms with van der Waals surface area (Å²) in [5.74, 6) is 0.700. The van der Waals surface area contributed by atoms with Gasteiger partial charge < -0.3 is 0 Å². The predicted molar refractivity (Wildman–Crippen MR) is 235 cm³/mol. The Morgan fingerprint density at radius 2 is 0.719 bits per heavy atom. The van der Waals surface area contributed by atoms with Crippen LogP contribution in [-0.4, -0.2) is 19.9 Å². The maximum atomic E-state index is 5.25. The maximum absolute atomic E-state index is 5.25. The molecule has 0 saturated carbocycles. The molecule has 10 rings (SSSR count). The molecule has 0 N–H and O–H groups in total. The second-order valence-corrected chi connectivity index (χ2v) is 14.3. The molecule has 0 aliphatic carbocycles. The van der Waals surface area contributed by atoms with Crippen molar-refractivity contribution in [3.05, 3.63) is 206 Å². The molecular formula is C53H36N4. The van der Waals surface area contributed by atoms with E-state index in [1.165, 1.54) is 11.1 Å². The van der Waals surface area contributed by atoms with Crippen LogP contribution in [0.15, 0.2) is 200 Å². The molecule has 4 nitrogen and oxygen atoms in total. The molecule has 3 heterocycles. The number of aryl methyl sites for hydroxylation is 1. The SMILES string of the molecule is Cc1ccc2ccc3c(-c4ccccc4)cc(-c4ccc(-c5ccc(-c6cc(-c7ccc(-c8ccccc8)cc7)nc(-c7ccccc7)n6)cc5)cc4)nc3c2n1. The van der Waals surface area contributed by atoms with Gasteiger partial charge in [0.1, 0.15) is 0 Å². The van der Waals surface area contributed by atoms with E-state index in [0.717, 1.165) is 89.1 Å². The Labute approximate surface area is 331 Å². The summed E-state index contributed by atoms with van der Waals surface area (Å²) in [5, 5.41) is 2.18. The zero-order chi connectivity index (χ0) is 38.1. The van der Waals surface area contributed by atoms with Gasteiger partial charge in [-0.3, -0.25) is 4.98 Å². The van der Waals surface area contributed by atoms with Crippen LogP contribution in [0.2, 0.25) is 0 Å². The van der Waals surface area contributed by atoms with E-state index in [0.29, 0.717) is 5.82 Å². The van der Waals surface area contributed by atoms with Crippen LogP contribution in [0.4, 0.5) is 0 Å². The quantitative estimate of drug-likeness (QED) is 0.153. The highest BCUT2D eigenvalue weighted by molar-refractivity contribution is 6.09. The molecule has 0 radical (unpaired) electrons. The van der Waals surface area contributed by atoms with Gasteiger partial charge >= 0.3 is 0 Å². The van der Waals surface area contributed by atoms with E-state index in [1.807, 2.05) is 31.2 Å². The molecule has 0 bridgehead atoms. The lowest BCUT2D eigenvalue weighted by Gasteiger charge is -2.13. The van der Waals surface area contributed by atoms with Crippen molar-refractivity contribution in [1.82, 2.24) is 19.9 Å². The Bertz CT molecular complexity index is 3020. The smallest absolute Gasteiger partial charge is 0.160 e. The Balaban J connectivity index is 0.985. The fraction of sp³-hybridized carbons (Fsp3) is 0.0189. The van der Waals surface area contributed by atoms with Gasteiger partial charge in [0.15, 0.2) is 5.82 Å². The number of pyridine rings is 2. The monoisotopic (exact) mass is 728 g/mol. The molecule has 57 heavy (non-hydrogen) atoms.